The molecule has 2 aromatic heterocycles. The van der Waals surface area contributed by atoms with Gasteiger partial charge in [0.25, 0.3) is 10.1 Å². The zero-order valence-electron chi connectivity index (χ0n) is 21.6. The third kappa shape index (κ3) is 4.45. The molecule has 2 bridgehead atoms. The van der Waals surface area contributed by atoms with Crippen molar-refractivity contribution in [2.45, 2.75) is 58.1 Å². The molecule has 2 aliphatic carbocycles. The number of benzene rings is 1. The molecule has 4 atom stereocenters. The molecule has 0 spiro atoms. The van der Waals surface area contributed by atoms with Crippen LogP contribution < -0.4 is 0 Å². The van der Waals surface area contributed by atoms with Gasteiger partial charge in [-0.3, -0.25) is 8.98 Å². The summed E-state index contributed by atoms with van der Waals surface area (Å²) >= 11 is 0. The second-order valence-corrected chi connectivity index (χ2v) is 12.6. The second kappa shape index (κ2) is 9.47. The van der Waals surface area contributed by atoms with E-state index in [1.54, 1.807) is 0 Å². The summed E-state index contributed by atoms with van der Waals surface area (Å²) in [6.07, 6.45) is 5.78. The van der Waals surface area contributed by atoms with Crippen LogP contribution in [0.1, 0.15) is 57.2 Å². The molecule has 1 aromatic carbocycles. The smallest absolute Gasteiger partial charge is 0.269 e. The van der Waals surface area contributed by atoms with E-state index in [1.165, 1.54) is 24.3 Å². The van der Waals surface area contributed by atoms with Gasteiger partial charge in [-0.05, 0) is 30.2 Å². The van der Waals surface area contributed by atoms with Gasteiger partial charge in [0, 0.05) is 24.0 Å². The van der Waals surface area contributed by atoms with E-state index in [2.05, 4.69) is 20.1 Å². The minimum atomic E-state index is -4.62. The van der Waals surface area contributed by atoms with Crippen molar-refractivity contribution in [1.29, 1.82) is 0 Å². The number of halogens is 3. The quantitative estimate of drug-likeness (QED) is 0.360. The first-order valence-corrected chi connectivity index (χ1v) is 14.1. The summed E-state index contributed by atoms with van der Waals surface area (Å²) in [5, 5.41) is 4.03. The predicted octanol–water partition coefficient (Wildman–Crippen LogP) is 3.93. The number of aromatic nitrogens is 5. The Morgan fingerprint density at radius 2 is 1.95 bits per heavy atom. The molecule has 2 heterocycles. The molecule has 208 valence electrons. The van der Waals surface area contributed by atoms with Crippen LogP contribution in [-0.4, -0.2) is 44.7 Å². The molecule has 2 saturated carbocycles. The average molecular weight is 564 g/mol. The number of hydrogen-bond acceptors (Lipinski definition) is 8. The lowest BCUT2D eigenvalue weighted by Gasteiger charge is -2.41. The van der Waals surface area contributed by atoms with Gasteiger partial charge in [-0.25, -0.2) is 32.8 Å². The topological polar surface area (TPSA) is 117 Å². The molecule has 0 N–H and O–H groups in total. The number of hydrogen-bond donors (Lipinski definition) is 0. The fraction of sp³-hybridized carbons (Fsp3) is 0.500. The van der Waals surface area contributed by atoms with Gasteiger partial charge >= 0.3 is 0 Å². The van der Waals surface area contributed by atoms with Gasteiger partial charge < -0.3 is 0 Å². The van der Waals surface area contributed by atoms with E-state index < -0.39 is 62.2 Å². The summed E-state index contributed by atoms with van der Waals surface area (Å²) in [5.74, 6) is -4.89. The largest absolute Gasteiger partial charge is 0.299 e. The van der Waals surface area contributed by atoms with E-state index in [1.807, 2.05) is 13.8 Å². The van der Waals surface area contributed by atoms with E-state index in [4.69, 9.17) is 4.18 Å². The number of Topliss-reactive ketones (excluding diaryl/α,β-unsaturated/α-hetero) is 1. The Morgan fingerprint density at radius 3 is 2.54 bits per heavy atom. The lowest BCUT2D eigenvalue weighted by molar-refractivity contribution is -0.128. The van der Waals surface area contributed by atoms with Gasteiger partial charge in [-0.2, -0.15) is 13.5 Å². The number of carbonyl (C=O) groups excluding carboxylic acids is 1. The summed E-state index contributed by atoms with van der Waals surface area (Å²) < 4.78 is 79.6. The van der Waals surface area contributed by atoms with Crippen LogP contribution in [0, 0.1) is 34.2 Å². The molecule has 9 nitrogen and oxygen atoms in total. The van der Waals surface area contributed by atoms with Crippen molar-refractivity contribution in [1.82, 2.24) is 24.7 Å². The van der Waals surface area contributed by atoms with E-state index in [0.717, 1.165) is 24.7 Å². The van der Waals surface area contributed by atoms with Crippen LogP contribution in [0.2, 0.25) is 0 Å². The SMILES string of the molecule is C[C@@H](c1ncncc1F)C(Cn1cncn1)(OS(=O)(=O)C[C@@]12CCC(CC1=O)C2(C)C)c1ccc(F)cc1F. The first-order chi connectivity index (χ1) is 18.3. The van der Waals surface area contributed by atoms with E-state index in [0.29, 0.717) is 18.9 Å². The Bertz CT molecular complexity index is 1520. The van der Waals surface area contributed by atoms with Crippen molar-refractivity contribution in [3.05, 3.63) is 72.1 Å². The summed E-state index contributed by atoms with van der Waals surface area (Å²) in [5.41, 5.74) is -4.59. The predicted molar refractivity (Wildman–Crippen MR) is 132 cm³/mol. The van der Waals surface area contributed by atoms with Crippen LogP contribution in [0.5, 0.6) is 0 Å². The lowest BCUT2D eigenvalue weighted by Crippen LogP contribution is -2.47. The van der Waals surface area contributed by atoms with Gasteiger partial charge in [-0.15, -0.1) is 0 Å². The maximum atomic E-state index is 15.5. The van der Waals surface area contributed by atoms with Gasteiger partial charge in [0.1, 0.15) is 42.0 Å². The maximum Gasteiger partial charge on any atom is 0.269 e. The molecule has 3 aromatic rings. The number of carbonyl (C=O) groups is 1. The van der Waals surface area contributed by atoms with Crippen molar-refractivity contribution >= 4 is 15.9 Å². The molecule has 2 fully saturated rings. The minimum Gasteiger partial charge on any atom is -0.299 e. The third-order valence-corrected chi connectivity index (χ3v) is 10.3. The average Bonchev–Trinajstić information content (AvgIpc) is 3.49. The van der Waals surface area contributed by atoms with Crippen LogP contribution in [0.15, 0.2) is 43.4 Å². The van der Waals surface area contributed by atoms with Crippen molar-refractivity contribution in [3.63, 3.8) is 0 Å². The fourth-order valence-corrected chi connectivity index (χ4v) is 8.59. The summed E-state index contributed by atoms with van der Waals surface area (Å²) in [7, 11) is -4.62. The van der Waals surface area contributed by atoms with Crippen LogP contribution in [0.25, 0.3) is 0 Å². The summed E-state index contributed by atoms with van der Waals surface area (Å²) in [6, 6.07) is 2.60. The molecule has 0 aliphatic heterocycles. The number of fused-ring (bicyclic) bond motifs is 2. The molecule has 0 saturated heterocycles. The molecule has 5 rings (SSSR count). The lowest BCUT2D eigenvalue weighted by atomic mass is 9.70. The normalized spacial score (nSPS) is 24.6. The fourth-order valence-electron chi connectivity index (χ4n) is 6.51. The van der Waals surface area contributed by atoms with Crippen LogP contribution in [0.4, 0.5) is 13.2 Å². The maximum absolute atomic E-state index is 15.5. The summed E-state index contributed by atoms with van der Waals surface area (Å²) in [6.45, 7) is 4.74. The van der Waals surface area contributed by atoms with E-state index >= 15 is 8.78 Å². The Labute approximate surface area is 224 Å². The monoisotopic (exact) mass is 563 g/mol. The highest BCUT2D eigenvalue weighted by Crippen LogP contribution is 2.64. The van der Waals surface area contributed by atoms with Gasteiger partial charge in [-0.1, -0.05) is 26.8 Å². The zero-order chi connectivity index (χ0) is 28.2. The highest BCUT2D eigenvalue weighted by atomic mass is 32.2. The third-order valence-electron chi connectivity index (χ3n) is 8.89. The standard InChI is InChI=1S/C26H28F3N5O4S/c1-16(23-21(29)10-30-13-32-23)26(11-34-15-31-14-33-34,19-5-4-18(27)9-20(19)28)38-39(36,37)12-25-7-6-17(8-22(25)35)24(25,2)3/h4-5,9-10,13-17H,6-8,11-12H2,1-3H3/t16-,17?,25-,26?/m0/s1. The number of ketones is 1. The van der Waals surface area contributed by atoms with Gasteiger partial charge in [0.05, 0.1) is 29.6 Å². The molecule has 0 radical (unpaired) electrons. The molecule has 2 unspecified atom stereocenters. The van der Waals surface area contributed by atoms with Crippen LogP contribution in [-0.2, 0) is 31.2 Å². The first kappa shape index (κ1) is 27.4. The van der Waals surface area contributed by atoms with Crippen LogP contribution in [0.3, 0.4) is 0 Å². The first-order valence-electron chi connectivity index (χ1n) is 12.5. The molecule has 13 heteroatoms. The van der Waals surface area contributed by atoms with E-state index in [9.17, 15) is 17.6 Å². The van der Waals surface area contributed by atoms with Gasteiger partial charge in [0.15, 0.2) is 5.82 Å². The van der Waals surface area contributed by atoms with Crippen LogP contribution >= 0.6 is 0 Å². The molecule has 0 amide bonds. The highest BCUT2D eigenvalue weighted by Gasteiger charge is 2.66. The minimum absolute atomic E-state index is 0.0451. The van der Waals surface area contributed by atoms with Crippen molar-refractivity contribution in [3.8, 4) is 0 Å². The molecule has 39 heavy (non-hydrogen) atoms. The second-order valence-electron chi connectivity index (χ2n) is 11.0. The summed E-state index contributed by atoms with van der Waals surface area (Å²) in [4.78, 5) is 24.6. The Morgan fingerprint density at radius 1 is 1.18 bits per heavy atom. The van der Waals surface area contributed by atoms with Crippen molar-refractivity contribution in [2.24, 2.45) is 16.7 Å². The van der Waals surface area contributed by atoms with E-state index in [-0.39, 0.29) is 29.4 Å². The highest BCUT2D eigenvalue weighted by molar-refractivity contribution is 7.86. The zero-order valence-corrected chi connectivity index (χ0v) is 22.5. The van der Waals surface area contributed by atoms with Crippen molar-refractivity contribution in [2.75, 3.05) is 5.75 Å². The molecule has 2 aliphatic rings. The Hall–Kier alpha value is -3.19. The van der Waals surface area contributed by atoms with Crippen molar-refractivity contribution < 1.29 is 30.6 Å². The number of rotatable bonds is 9. The Balaban J connectivity index is 1.68. The molecular formula is C26H28F3N5O4S. The molecular weight excluding hydrogens is 535 g/mol. The number of nitrogens with zero attached hydrogens (tertiary/aromatic N) is 5. The van der Waals surface area contributed by atoms with Gasteiger partial charge in [0.2, 0.25) is 0 Å². The Kier molecular flexibility index (Phi) is 6.65.